The van der Waals surface area contributed by atoms with Crippen LogP contribution in [0.15, 0.2) is 18.3 Å². The van der Waals surface area contributed by atoms with Gasteiger partial charge in [-0.25, -0.2) is 19.0 Å². The van der Waals surface area contributed by atoms with Crippen LogP contribution in [-0.4, -0.2) is 84.5 Å². The summed E-state index contributed by atoms with van der Waals surface area (Å²) in [7, 11) is 0. The zero-order valence-corrected chi connectivity index (χ0v) is 17.4. The van der Waals surface area contributed by atoms with Crippen LogP contribution in [0.3, 0.4) is 0 Å². The molecule has 16 heteroatoms. The molecule has 4 N–H and O–H groups in total. The van der Waals surface area contributed by atoms with E-state index < -0.39 is 24.3 Å². The van der Waals surface area contributed by atoms with Gasteiger partial charge in [0.15, 0.2) is 11.6 Å². The lowest BCUT2D eigenvalue weighted by Crippen LogP contribution is -2.42. The summed E-state index contributed by atoms with van der Waals surface area (Å²) in [5.74, 6) is -5.18. The number of halogens is 7. The summed E-state index contributed by atoms with van der Waals surface area (Å²) in [5.41, 5.74) is -0.217. The summed E-state index contributed by atoms with van der Waals surface area (Å²) in [6, 6.07) is 2.99. The van der Waals surface area contributed by atoms with Crippen LogP contribution in [0.1, 0.15) is 6.42 Å². The Morgan fingerprint density at radius 3 is 2.29 bits per heavy atom. The van der Waals surface area contributed by atoms with E-state index in [1.165, 1.54) is 6.07 Å². The number of nitrogens with one attached hydrogen (secondary N) is 2. The van der Waals surface area contributed by atoms with Gasteiger partial charge in [-0.15, -0.1) is 0 Å². The van der Waals surface area contributed by atoms with Crippen molar-refractivity contribution in [2.75, 3.05) is 44.8 Å². The normalized spacial score (nSPS) is 22.5. The zero-order chi connectivity index (χ0) is 26.0. The van der Waals surface area contributed by atoms with E-state index >= 15 is 0 Å². The molecule has 2 aliphatic rings. The van der Waals surface area contributed by atoms with Gasteiger partial charge in [-0.3, -0.25) is 0 Å². The summed E-state index contributed by atoms with van der Waals surface area (Å²) in [5, 5.41) is 20.7. The summed E-state index contributed by atoms with van der Waals surface area (Å²) in [6.07, 6.45) is -7.66. The lowest BCUT2D eigenvalue weighted by molar-refractivity contribution is -0.193. The molecule has 2 atom stereocenters. The predicted octanol–water partition coefficient (Wildman–Crippen LogP) is 2.29. The van der Waals surface area contributed by atoms with E-state index in [4.69, 9.17) is 29.3 Å². The maximum Gasteiger partial charge on any atom is 0.490 e. The maximum absolute atomic E-state index is 13.5. The summed E-state index contributed by atoms with van der Waals surface area (Å²) < 4.78 is 88.5. The first kappa shape index (κ1) is 29.3. The second-order valence-corrected chi connectivity index (χ2v) is 7.11. The molecule has 0 radical (unpaired) electrons. The smallest absolute Gasteiger partial charge is 0.475 e. The molecule has 1 spiro atoms. The molecular weight excluding hydrogens is 487 g/mol. The number of nitrogens with zero attached hydrogens (tertiary/aromatic N) is 1. The quantitative estimate of drug-likeness (QED) is 0.454. The van der Waals surface area contributed by atoms with Gasteiger partial charge in [-0.2, -0.15) is 26.3 Å². The van der Waals surface area contributed by atoms with Crippen LogP contribution < -0.4 is 10.6 Å². The number of anilines is 1. The van der Waals surface area contributed by atoms with Gasteiger partial charge in [0, 0.05) is 31.7 Å². The highest BCUT2D eigenvalue weighted by Gasteiger charge is 2.41. The van der Waals surface area contributed by atoms with Gasteiger partial charge < -0.3 is 30.3 Å². The van der Waals surface area contributed by atoms with Crippen molar-refractivity contribution in [1.29, 1.82) is 0 Å². The van der Waals surface area contributed by atoms with E-state index in [-0.39, 0.29) is 11.4 Å². The van der Waals surface area contributed by atoms with E-state index in [2.05, 4.69) is 15.6 Å². The molecular formula is C18H22F7N3O6. The van der Waals surface area contributed by atoms with Crippen molar-refractivity contribution in [3.63, 3.8) is 0 Å². The first-order chi connectivity index (χ1) is 15.7. The average molecular weight is 509 g/mol. The third kappa shape index (κ3) is 10.5. The van der Waals surface area contributed by atoms with Crippen LogP contribution in [0, 0.1) is 11.7 Å². The molecule has 34 heavy (non-hydrogen) atoms. The Labute approximate surface area is 188 Å². The number of alkyl halides is 6. The Balaban J connectivity index is 0.000000343. The van der Waals surface area contributed by atoms with Gasteiger partial charge in [-0.05, 0) is 18.6 Å². The van der Waals surface area contributed by atoms with Crippen molar-refractivity contribution in [1.82, 2.24) is 10.3 Å². The third-order valence-corrected chi connectivity index (χ3v) is 4.32. The van der Waals surface area contributed by atoms with Crippen LogP contribution in [0.4, 0.5) is 36.6 Å². The van der Waals surface area contributed by atoms with E-state index in [9.17, 15) is 30.7 Å². The standard InChI is InChI=1S/C14H20FN3O2.2C2HF3O2/c15-12-2-1-3-17-13(12)18-7-11-6-14(20-8-11)9-16-4-5-19-10-14;2*3-2(4,5)1(6)7/h1-3,11,16H,4-10H2,(H,17,18);2*(H,6,7). The number of carbonyl (C=O) groups is 2. The number of hydrogen-bond donors (Lipinski definition) is 4. The van der Waals surface area contributed by atoms with E-state index in [0.29, 0.717) is 31.5 Å². The molecule has 2 saturated heterocycles. The fourth-order valence-corrected chi connectivity index (χ4v) is 2.82. The minimum atomic E-state index is -5.08. The highest BCUT2D eigenvalue weighted by molar-refractivity contribution is 5.73. The molecule has 0 aromatic carbocycles. The molecule has 2 fully saturated rings. The monoisotopic (exact) mass is 509 g/mol. The van der Waals surface area contributed by atoms with E-state index in [1.807, 2.05) is 0 Å². The number of carboxylic acid groups (broad SMARTS) is 2. The number of rotatable bonds is 3. The van der Waals surface area contributed by atoms with Gasteiger partial charge in [0.25, 0.3) is 0 Å². The second-order valence-electron chi connectivity index (χ2n) is 7.11. The first-order valence-corrected chi connectivity index (χ1v) is 9.53. The highest BCUT2D eigenvalue weighted by atomic mass is 19.4. The number of aliphatic carboxylic acids is 2. The van der Waals surface area contributed by atoms with Crippen LogP contribution in [0.2, 0.25) is 0 Å². The molecule has 1 aromatic heterocycles. The first-order valence-electron chi connectivity index (χ1n) is 9.53. The Hall–Kier alpha value is -2.72. The minimum absolute atomic E-state index is 0.217. The Kier molecular flexibility index (Phi) is 10.9. The fraction of sp³-hybridized carbons (Fsp3) is 0.611. The largest absolute Gasteiger partial charge is 0.490 e. The van der Waals surface area contributed by atoms with Gasteiger partial charge in [0.05, 0.1) is 19.8 Å². The number of carboxylic acids is 2. The second kappa shape index (κ2) is 12.7. The molecule has 2 aliphatic heterocycles. The zero-order valence-electron chi connectivity index (χ0n) is 17.4. The predicted molar refractivity (Wildman–Crippen MR) is 101 cm³/mol. The lowest BCUT2D eigenvalue weighted by Gasteiger charge is -2.25. The minimum Gasteiger partial charge on any atom is -0.475 e. The molecule has 0 bridgehead atoms. The van der Waals surface area contributed by atoms with Gasteiger partial charge in [0.1, 0.15) is 5.60 Å². The van der Waals surface area contributed by atoms with Gasteiger partial charge in [0.2, 0.25) is 0 Å². The Morgan fingerprint density at radius 1 is 1.18 bits per heavy atom. The van der Waals surface area contributed by atoms with Gasteiger partial charge in [-0.1, -0.05) is 0 Å². The maximum atomic E-state index is 13.5. The van der Waals surface area contributed by atoms with Crippen molar-refractivity contribution in [3.8, 4) is 0 Å². The van der Waals surface area contributed by atoms with Crippen molar-refractivity contribution >= 4 is 17.8 Å². The molecule has 0 saturated carbocycles. The topological polar surface area (TPSA) is 130 Å². The Bertz CT molecular complexity index is 775. The molecule has 3 rings (SSSR count). The molecule has 2 unspecified atom stereocenters. The number of hydrogen-bond acceptors (Lipinski definition) is 7. The molecule has 0 amide bonds. The number of aromatic nitrogens is 1. The average Bonchev–Trinajstić information content (AvgIpc) is 2.97. The summed E-state index contributed by atoms with van der Waals surface area (Å²) >= 11 is 0. The van der Waals surface area contributed by atoms with E-state index in [1.54, 1.807) is 12.3 Å². The van der Waals surface area contributed by atoms with Crippen LogP contribution in [-0.2, 0) is 19.1 Å². The summed E-state index contributed by atoms with van der Waals surface area (Å²) in [6.45, 7) is 4.39. The van der Waals surface area contributed by atoms with Crippen LogP contribution >= 0.6 is 0 Å². The van der Waals surface area contributed by atoms with Crippen LogP contribution in [0.25, 0.3) is 0 Å². The van der Waals surface area contributed by atoms with Crippen molar-refractivity contribution < 1.29 is 60.0 Å². The molecule has 0 aliphatic carbocycles. The third-order valence-electron chi connectivity index (χ3n) is 4.32. The van der Waals surface area contributed by atoms with Crippen molar-refractivity contribution in [2.24, 2.45) is 5.92 Å². The number of pyridine rings is 1. The fourth-order valence-electron chi connectivity index (χ4n) is 2.82. The van der Waals surface area contributed by atoms with Crippen molar-refractivity contribution in [2.45, 2.75) is 24.4 Å². The lowest BCUT2D eigenvalue weighted by atomic mass is 9.94. The molecule has 1 aromatic rings. The molecule has 3 heterocycles. The van der Waals surface area contributed by atoms with Gasteiger partial charge >= 0.3 is 24.3 Å². The van der Waals surface area contributed by atoms with Crippen molar-refractivity contribution in [3.05, 3.63) is 24.1 Å². The molecule has 194 valence electrons. The SMILES string of the molecule is Fc1cccnc1NCC1COC2(CNCCOC2)C1.O=C(O)C(F)(F)F.O=C(O)C(F)(F)F. The Morgan fingerprint density at radius 2 is 1.76 bits per heavy atom. The number of ether oxygens (including phenoxy) is 2. The molecule has 9 nitrogen and oxygen atoms in total. The van der Waals surface area contributed by atoms with Crippen LogP contribution in [0.5, 0.6) is 0 Å². The van der Waals surface area contributed by atoms with E-state index in [0.717, 1.165) is 26.1 Å². The summed E-state index contributed by atoms with van der Waals surface area (Å²) in [4.78, 5) is 21.8. The highest BCUT2D eigenvalue weighted by Crippen LogP contribution is 2.31.